The molecule has 0 N–H and O–H groups in total. The summed E-state index contributed by atoms with van der Waals surface area (Å²) in [6.45, 7) is 4.61. The quantitative estimate of drug-likeness (QED) is 0.0767. The summed E-state index contributed by atoms with van der Waals surface area (Å²) in [6.07, 6.45) is 8.80. The maximum Gasteiger partial charge on any atom is 0.343 e. The van der Waals surface area contributed by atoms with Crippen LogP contribution in [-0.4, -0.2) is 30.0 Å². The standard InChI is InChI=1S/C33H34N2O5/c1-3-4-5-6-10-23-39-28-17-15-26(16-18-28)33(38)40-29-19-13-25(14-20-29)31(36)22-21-30-24(2)34-35(32(30)37)27-11-8-7-9-12-27/h7-9,11-22,30H,3-6,10,23H2,1-2H3/b22-21+. The Hall–Kier alpha value is -4.52. The highest BCUT2D eigenvalue weighted by Crippen LogP contribution is 2.25. The summed E-state index contributed by atoms with van der Waals surface area (Å²) in [4.78, 5) is 38.1. The third kappa shape index (κ3) is 7.53. The van der Waals surface area contributed by atoms with E-state index in [9.17, 15) is 14.4 Å². The van der Waals surface area contributed by atoms with Gasteiger partial charge in [0.05, 0.1) is 29.5 Å². The van der Waals surface area contributed by atoms with Crippen molar-refractivity contribution in [3.8, 4) is 11.5 Å². The van der Waals surface area contributed by atoms with Gasteiger partial charge in [-0.2, -0.15) is 10.1 Å². The number of esters is 1. The molecule has 40 heavy (non-hydrogen) atoms. The first-order valence-corrected chi connectivity index (χ1v) is 13.7. The zero-order valence-electron chi connectivity index (χ0n) is 22.9. The molecule has 1 aliphatic heterocycles. The number of benzene rings is 3. The maximum absolute atomic E-state index is 12.8. The van der Waals surface area contributed by atoms with Gasteiger partial charge in [0.2, 0.25) is 0 Å². The number of amides is 1. The van der Waals surface area contributed by atoms with Crippen molar-refractivity contribution in [1.82, 2.24) is 0 Å². The molecule has 1 atom stereocenters. The normalized spacial score (nSPS) is 14.8. The van der Waals surface area contributed by atoms with E-state index in [1.165, 1.54) is 30.3 Å². The van der Waals surface area contributed by atoms with E-state index in [2.05, 4.69) is 12.0 Å². The fourth-order valence-corrected chi connectivity index (χ4v) is 4.27. The Labute approximate surface area is 235 Å². The molecule has 0 saturated heterocycles. The number of ether oxygens (including phenoxy) is 2. The van der Waals surface area contributed by atoms with Gasteiger partial charge in [0.15, 0.2) is 5.78 Å². The minimum atomic E-state index is -0.605. The molecule has 0 bridgehead atoms. The molecule has 1 heterocycles. The second kappa shape index (κ2) is 14.0. The van der Waals surface area contributed by atoms with Crippen LogP contribution >= 0.6 is 0 Å². The molecule has 0 aromatic heterocycles. The lowest BCUT2D eigenvalue weighted by Crippen LogP contribution is -2.25. The van der Waals surface area contributed by atoms with Crippen molar-refractivity contribution in [2.45, 2.75) is 46.0 Å². The monoisotopic (exact) mass is 538 g/mol. The number of hydrazone groups is 1. The van der Waals surface area contributed by atoms with Crippen molar-refractivity contribution < 1.29 is 23.9 Å². The molecule has 3 aromatic carbocycles. The van der Waals surface area contributed by atoms with Crippen LogP contribution in [0.3, 0.4) is 0 Å². The largest absolute Gasteiger partial charge is 0.494 e. The van der Waals surface area contributed by atoms with E-state index in [-0.39, 0.29) is 11.7 Å². The van der Waals surface area contributed by atoms with E-state index in [1.807, 2.05) is 18.2 Å². The minimum Gasteiger partial charge on any atom is -0.494 e. The summed E-state index contributed by atoms with van der Waals surface area (Å²) in [5.41, 5.74) is 2.10. The number of carbonyl (C=O) groups excluding carboxylic acids is 3. The Morgan fingerprint density at radius 1 is 0.850 bits per heavy atom. The first kappa shape index (κ1) is 28.5. The van der Waals surface area contributed by atoms with Crippen molar-refractivity contribution in [2.24, 2.45) is 11.0 Å². The molecule has 0 fully saturated rings. The minimum absolute atomic E-state index is 0.211. The molecule has 3 aromatic rings. The van der Waals surface area contributed by atoms with Crippen molar-refractivity contribution in [1.29, 1.82) is 0 Å². The van der Waals surface area contributed by atoms with Gasteiger partial charge in [-0.1, -0.05) is 56.9 Å². The number of rotatable bonds is 13. The van der Waals surface area contributed by atoms with E-state index < -0.39 is 11.9 Å². The topological polar surface area (TPSA) is 85.3 Å². The Balaban J connectivity index is 1.27. The average molecular weight is 539 g/mol. The van der Waals surface area contributed by atoms with E-state index in [0.29, 0.717) is 34.9 Å². The van der Waals surface area contributed by atoms with Gasteiger partial charge in [0.1, 0.15) is 11.5 Å². The predicted octanol–water partition coefficient (Wildman–Crippen LogP) is 7.03. The molecule has 4 rings (SSSR count). The van der Waals surface area contributed by atoms with E-state index in [0.717, 1.165) is 18.6 Å². The van der Waals surface area contributed by atoms with Crippen LogP contribution < -0.4 is 14.5 Å². The number of para-hydroxylation sites is 1. The number of unbranched alkanes of at least 4 members (excludes halogenated alkanes) is 4. The van der Waals surface area contributed by atoms with Gasteiger partial charge in [-0.15, -0.1) is 0 Å². The van der Waals surface area contributed by atoms with Crippen LogP contribution in [0.15, 0.2) is 96.1 Å². The molecule has 7 heteroatoms. The number of anilines is 1. The van der Waals surface area contributed by atoms with Gasteiger partial charge in [0.25, 0.3) is 5.91 Å². The Kier molecular flexibility index (Phi) is 9.99. The fourth-order valence-electron chi connectivity index (χ4n) is 4.27. The van der Waals surface area contributed by atoms with Crippen LogP contribution in [0.5, 0.6) is 11.5 Å². The molecule has 0 spiro atoms. The number of carbonyl (C=O) groups is 3. The van der Waals surface area contributed by atoms with E-state index >= 15 is 0 Å². The molecule has 1 aliphatic rings. The molecular weight excluding hydrogens is 504 g/mol. The van der Waals surface area contributed by atoms with Crippen molar-refractivity contribution in [2.75, 3.05) is 11.6 Å². The molecule has 1 amide bonds. The zero-order valence-corrected chi connectivity index (χ0v) is 22.9. The second-order valence-corrected chi connectivity index (χ2v) is 9.63. The number of ketones is 1. The van der Waals surface area contributed by atoms with E-state index in [4.69, 9.17) is 9.47 Å². The van der Waals surface area contributed by atoms with Gasteiger partial charge in [-0.3, -0.25) is 9.59 Å². The summed E-state index contributed by atoms with van der Waals surface area (Å²) in [7, 11) is 0. The Morgan fingerprint density at radius 2 is 1.50 bits per heavy atom. The molecule has 1 unspecified atom stereocenters. The number of hydrogen-bond donors (Lipinski definition) is 0. The summed E-state index contributed by atoms with van der Waals surface area (Å²) >= 11 is 0. The van der Waals surface area contributed by atoms with Crippen LogP contribution in [0.1, 0.15) is 66.7 Å². The third-order valence-corrected chi connectivity index (χ3v) is 6.58. The Morgan fingerprint density at radius 3 is 2.20 bits per heavy atom. The lowest BCUT2D eigenvalue weighted by atomic mass is 10.0. The molecule has 0 radical (unpaired) electrons. The van der Waals surface area contributed by atoms with Gasteiger partial charge in [-0.25, -0.2) is 4.79 Å². The van der Waals surface area contributed by atoms with Gasteiger partial charge >= 0.3 is 5.97 Å². The Bertz CT molecular complexity index is 1360. The first-order chi connectivity index (χ1) is 19.5. The van der Waals surface area contributed by atoms with Crippen molar-refractivity contribution in [3.63, 3.8) is 0 Å². The van der Waals surface area contributed by atoms with Crippen molar-refractivity contribution in [3.05, 3.63) is 102 Å². The molecule has 7 nitrogen and oxygen atoms in total. The van der Waals surface area contributed by atoms with Crippen LogP contribution in [0.25, 0.3) is 0 Å². The highest BCUT2D eigenvalue weighted by Gasteiger charge is 2.32. The summed E-state index contributed by atoms with van der Waals surface area (Å²) in [6, 6.07) is 22.3. The molecule has 0 aliphatic carbocycles. The molecular formula is C33H34N2O5. The van der Waals surface area contributed by atoms with Crippen LogP contribution in [0, 0.1) is 5.92 Å². The smallest absolute Gasteiger partial charge is 0.343 e. The number of allylic oxidation sites excluding steroid dienone is 1. The maximum atomic E-state index is 12.8. The predicted molar refractivity (Wildman–Crippen MR) is 156 cm³/mol. The lowest BCUT2D eigenvalue weighted by Gasteiger charge is -2.12. The van der Waals surface area contributed by atoms with Crippen LogP contribution in [-0.2, 0) is 4.79 Å². The molecule has 0 saturated carbocycles. The highest BCUT2D eigenvalue weighted by molar-refractivity contribution is 6.17. The fraction of sp³-hybridized carbons (Fsp3) is 0.273. The van der Waals surface area contributed by atoms with Crippen LogP contribution in [0.2, 0.25) is 0 Å². The van der Waals surface area contributed by atoms with Gasteiger partial charge < -0.3 is 9.47 Å². The highest BCUT2D eigenvalue weighted by atomic mass is 16.5. The van der Waals surface area contributed by atoms with E-state index in [1.54, 1.807) is 73.7 Å². The first-order valence-electron chi connectivity index (χ1n) is 13.7. The van der Waals surface area contributed by atoms with Gasteiger partial charge in [0, 0.05) is 5.56 Å². The number of nitrogens with zero attached hydrogens (tertiary/aromatic N) is 2. The third-order valence-electron chi connectivity index (χ3n) is 6.58. The van der Waals surface area contributed by atoms with Crippen LogP contribution in [0.4, 0.5) is 5.69 Å². The van der Waals surface area contributed by atoms with Crippen molar-refractivity contribution >= 4 is 29.1 Å². The number of hydrogen-bond acceptors (Lipinski definition) is 6. The summed E-state index contributed by atoms with van der Waals surface area (Å²) < 4.78 is 11.2. The summed E-state index contributed by atoms with van der Waals surface area (Å²) in [5, 5.41) is 5.70. The summed E-state index contributed by atoms with van der Waals surface area (Å²) in [5.74, 6) is -0.536. The zero-order chi connectivity index (χ0) is 28.3. The average Bonchev–Trinajstić information content (AvgIpc) is 3.27. The second-order valence-electron chi connectivity index (χ2n) is 9.63. The van der Waals surface area contributed by atoms with Gasteiger partial charge in [-0.05, 0) is 80.1 Å². The molecule has 206 valence electrons. The SMILES string of the molecule is CCCCCCCOc1ccc(C(=O)Oc2ccc(C(=O)/C=C/C3C(=O)N(c4ccccc4)N=C3C)cc2)cc1. The lowest BCUT2D eigenvalue weighted by molar-refractivity contribution is -0.118.